The van der Waals surface area contributed by atoms with Gasteiger partial charge in [-0.15, -0.1) is 0 Å². The minimum atomic E-state index is -0.450. The number of rotatable bonds is 7. The molecular formula is C28H24N4O3S. The SMILES string of the molecule is Cc1ccccc1OCCOc1ccc(C=C2C(=N)N3N=C(c4ccccc4C)SC3=NC2=O)cc1. The second-order valence-corrected chi connectivity index (χ2v) is 9.23. The molecule has 3 aromatic rings. The first kappa shape index (κ1) is 23.6. The van der Waals surface area contributed by atoms with Crippen LogP contribution in [0, 0.1) is 19.3 Å². The zero-order chi connectivity index (χ0) is 25.1. The number of benzene rings is 3. The molecule has 2 heterocycles. The number of fused-ring (bicyclic) bond motifs is 1. The maximum Gasteiger partial charge on any atom is 0.283 e. The largest absolute Gasteiger partial charge is 0.490 e. The van der Waals surface area contributed by atoms with Crippen molar-refractivity contribution >= 4 is 39.8 Å². The van der Waals surface area contributed by atoms with E-state index in [2.05, 4.69) is 10.1 Å². The number of amides is 1. The van der Waals surface area contributed by atoms with Crippen LogP contribution in [0.5, 0.6) is 11.5 Å². The molecule has 0 unspecified atom stereocenters. The van der Waals surface area contributed by atoms with Gasteiger partial charge >= 0.3 is 0 Å². The Labute approximate surface area is 213 Å². The summed E-state index contributed by atoms with van der Waals surface area (Å²) in [5, 5.41) is 15.7. The van der Waals surface area contributed by atoms with E-state index in [1.165, 1.54) is 16.8 Å². The van der Waals surface area contributed by atoms with Gasteiger partial charge < -0.3 is 9.47 Å². The summed E-state index contributed by atoms with van der Waals surface area (Å²) in [6.07, 6.45) is 1.65. The van der Waals surface area contributed by atoms with E-state index in [0.29, 0.717) is 24.1 Å². The highest BCUT2D eigenvalue weighted by atomic mass is 32.2. The first-order valence-electron chi connectivity index (χ1n) is 11.5. The molecule has 0 saturated carbocycles. The number of thioether (sulfide) groups is 1. The fourth-order valence-corrected chi connectivity index (χ4v) is 4.75. The molecule has 0 aromatic heterocycles. The van der Waals surface area contributed by atoms with Crippen LogP contribution in [-0.4, -0.2) is 40.2 Å². The molecule has 0 atom stereocenters. The molecule has 5 rings (SSSR count). The van der Waals surface area contributed by atoms with Gasteiger partial charge in [-0.25, -0.2) is 0 Å². The van der Waals surface area contributed by atoms with E-state index in [0.717, 1.165) is 33.0 Å². The van der Waals surface area contributed by atoms with Crippen molar-refractivity contribution in [3.8, 4) is 11.5 Å². The molecule has 0 saturated heterocycles. The third kappa shape index (κ3) is 4.94. The predicted octanol–water partition coefficient (Wildman–Crippen LogP) is 5.43. The molecule has 2 aliphatic heterocycles. The van der Waals surface area contributed by atoms with Gasteiger partial charge in [0, 0.05) is 5.56 Å². The van der Waals surface area contributed by atoms with Gasteiger partial charge in [-0.3, -0.25) is 10.2 Å². The third-order valence-corrected chi connectivity index (χ3v) is 6.67. The molecule has 7 nitrogen and oxygen atoms in total. The predicted molar refractivity (Wildman–Crippen MR) is 144 cm³/mol. The number of carbonyl (C=O) groups excluding carboxylic acids is 1. The highest BCUT2D eigenvalue weighted by molar-refractivity contribution is 8.27. The van der Waals surface area contributed by atoms with Gasteiger partial charge in [0.2, 0.25) is 5.17 Å². The summed E-state index contributed by atoms with van der Waals surface area (Å²) < 4.78 is 11.5. The standard InChI is InChI=1S/C28H24N4O3S/c1-18-7-3-5-9-22(18)27-31-32-25(29)23(26(33)30-28(32)36-27)17-20-11-13-21(14-12-20)34-15-16-35-24-10-6-4-8-19(24)2/h3-14,17,29H,15-16H2,1-2H3. The lowest BCUT2D eigenvalue weighted by Crippen LogP contribution is -2.35. The number of carbonyl (C=O) groups is 1. The zero-order valence-electron chi connectivity index (χ0n) is 19.9. The summed E-state index contributed by atoms with van der Waals surface area (Å²) >= 11 is 1.30. The maximum absolute atomic E-state index is 12.7. The number of hydrogen-bond donors (Lipinski definition) is 1. The van der Waals surface area contributed by atoms with Gasteiger partial charge in [0.25, 0.3) is 5.91 Å². The van der Waals surface area contributed by atoms with E-state index < -0.39 is 5.91 Å². The molecule has 0 spiro atoms. The summed E-state index contributed by atoms with van der Waals surface area (Å²) in [6, 6.07) is 23.1. The summed E-state index contributed by atoms with van der Waals surface area (Å²) in [4.78, 5) is 16.9. The number of nitrogens with zero attached hydrogens (tertiary/aromatic N) is 3. The highest BCUT2D eigenvalue weighted by Gasteiger charge is 2.36. The minimum Gasteiger partial charge on any atom is -0.490 e. The average molecular weight is 497 g/mol. The van der Waals surface area contributed by atoms with Crippen molar-refractivity contribution in [1.82, 2.24) is 5.01 Å². The van der Waals surface area contributed by atoms with Crippen LogP contribution in [0.4, 0.5) is 0 Å². The van der Waals surface area contributed by atoms with Crippen LogP contribution in [0.2, 0.25) is 0 Å². The Morgan fingerprint density at radius 2 is 1.61 bits per heavy atom. The van der Waals surface area contributed by atoms with Gasteiger partial charge in [0.15, 0.2) is 5.84 Å². The second-order valence-electron chi connectivity index (χ2n) is 8.27. The molecule has 0 fully saturated rings. The minimum absolute atomic E-state index is 0.00904. The molecule has 0 radical (unpaired) electrons. The number of hydrogen-bond acceptors (Lipinski definition) is 6. The van der Waals surface area contributed by atoms with Gasteiger partial charge in [0.1, 0.15) is 29.8 Å². The number of para-hydroxylation sites is 1. The smallest absolute Gasteiger partial charge is 0.283 e. The zero-order valence-corrected chi connectivity index (χ0v) is 20.7. The first-order valence-corrected chi connectivity index (χ1v) is 12.3. The Hall–Kier alpha value is -4.17. The van der Waals surface area contributed by atoms with E-state index in [9.17, 15) is 4.79 Å². The number of ether oxygens (including phenoxy) is 2. The number of aryl methyl sites for hydroxylation is 2. The second kappa shape index (κ2) is 10.2. The Morgan fingerprint density at radius 1 is 0.917 bits per heavy atom. The van der Waals surface area contributed by atoms with E-state index in [-0.39, 0.29) is 11.4 Å². The van der Waals surface area contributed by atoms with Crippen molar-refractivity contribution in [3.05, 3.63) is 101 Å². The van der Waals surface area contributed by atoms with Crippen LogP contribution in [0.1, 0.15) is 22.3 Å². The number of aliphatic imine (C=N–C) groups is 1. The van der Waals surface area contributed by atoms with E-state index in [1.807, 2.05) is 86.6 Å². The lowest BCUT2D eigenvalue weighted by molar-refractivity contribution is -0.114. The lowest BCUT2D eigenvalue weighted by atomic mass is 10.1. The number of hydrazone groups is 1. The molecule has 1 amide bonds. The van der Waals surface area contributed by atoms with Gasteiger partial charge in [-0.1, -0.05) is 54.6 Å². The summed E-state index contributed by atoms with van der Waals surface area (Å²) in [5.74, 6) is 1.10. The molecule has 36 heavy (non-hydrogen) atoms. The van der Waals surface area contributed by atoms with Gasteiger partial charge in [-0.05, 0) is 66.6 Å². The van der Waals surface area contributed by atoms with Crippen LogP contribution in [0.15, 0.2) is 88.5 Å². The van der Waals surface area contributed by atoms with Crippen LogP contribution in [0.3, 0.4) is 0 Å². The Kier molecular flexibility index (Phi) is 6.69. The first-order chi connectivity index (χ1) is 17.5. The fourth-order valence-electron chi connectivity index (χ4n) is 3.77. The quantitative estimate of drug-likeness (QED) is 0.348. The average Bonchev–Trinajstić information content (AvgIpc) is 3.30. The van der Waals surface area contributed by atoms with E-state index in [1.54, 1.807) is 6.08 Å². The normalized spacial score (nSPS) is 16.1. The number of amidine groups is 2. The van der Waals surface area contributed by atoms with Crippen LogP contribution in [-0.2, 0) is 4.79 Å². The van der Waals surface area contributed by atoms with Crippen molar-refractivity contribution in [2.75, 3.05) is 13.2 Å². The Bertz CT molecular complexity index is 1430. The van der Waals surface area contributed by atoms with Crippen LogP contribution >= 0.6 is 11.8 Å². The van der Waals surface area contributed by atoms with Gasteiger partial charge in [0.05, 0.1) is 5.57 Å². The summed E-state index contributed by atoms with van der Waals surface area (Å²) in [7, 11) is 0. The van der Waals surface area contributed by atoms with Gasteiger partial charge in [-0.2, -0.15) is 15.1 Å². The monoisotopic (exact) mass is 496 g/mol. The summed E-state index contributed by atoms with van der Waals surface area (Å²) in [6.45, 7) is 4.85. The third-order valence-electron chi connectivity index (χ3n) is 5.72. The van der Waals surface area contributed by atoms with Crippen LogP contribution in [0.25, 0.3) is 6.08 Å². The summed E-state index contributed by atoms with van der Waals surface area (Å²) in [5.41, 5.74) is 4.07. The van der Waals surface area contributed by atoms with Crippen molar-refractivity contribution in [3.63, 3.8) is 0 Å². The number of nitrogens with one attached hydrogen (secondary N) is 1. The lowest BCUT2D eigenvalue weighted by Gasteiger charge is -2.20. The molecule has 180 valence electrons. The van der Waals surface area contributed by atoms with E-state index in [4.69, 9.17) is 14.9 Å². The van der Waals surface area contributed by atoms with Crippen molar-refractivity contribution in [2.45, 2.75) is 13.8 Å². The topological polar surface area (TPSA) is 87.3 Å². The molecule has 8 heteroatoms. The van der Waals surface area contributed by atoms with Crippen molar-refractivity contribution in [1.29, 1.82) is 5.41 Å². The maximum atomic E-state index is 12.7. The molecule has 2 aliphatic rings. The fraction of sp³-hybridized carbons (Fsp3) is 0.143. The molecular weight excluding hydrogens is 472 g/mol. The Balaban J connectivity index is 1.24. The Morgan fingerprint density at radius 3 is 2.36 bits per heavy atom. The molecule has 0 bridgehead atoms. The molecule has 1 N–H and O–H groups in total. The highest BCUT2D eigenvalue weighted by Crippen LogP contribution is 2.32. The molecule has 3 aromatic carbocycles. The van der Waals surface area contributed by atoms with E-state index >= 15 is 0 Å². The van der Waals surface area contributed by atoms with Crippen molar-refractivity contribution < 1.29 is 14.3 Å². The van der Waals surface area contributed by atoms with Crippen LogP contribution < -0.4 is 9.47 Å². The van der Waals surface area contributed by atoms with Crippen molar-refractivity contribution in [2.24, 2.45) is 10.1 Å². The molecule has 0 aliphatic carbocycles.